The maximum atomic E-state index is 13.4. The van der Waals surface area contributed by atoms with Gasteiger partial charge in [-0.25, -0.2) is 4.79 Å². The highest BCUT2D eigenvalue weighted by Crippen LogP contribution is 2.45. The Morgan fingerprint density at radius 2 is 1.44 bits per heavy atom. The van der Waals surface area contributed by atoms with E-state index in [0.29, 0.717) is 0 Å². The summed E-state index contributed by atoms with van der Waals surface area (Å²) in [5, 5.41) is 11.0. The quantitative estimate of drug-likeness (QED) is 0.519. The molecule has 176 valence electrons. The molecule has 1 heterocycles. The Kier molecular flexibility index (Phi) is 5.60. The van der Waals surface area contributed by atoms with Crippen LogP contribution in [0.3, 0.4) is 0 Å². The summed E-state index contributed by atoms with van der Waals surface area (Å²) >= 11 is 0. The van der Waals surface area contributed by atoms with Crippen LogP contribution < -0.4 is 0 Å². The van der Waals surface area contributed by atoms with E-state index in [0.717, 1.165) is 28.3 Å². The van der Waals surface area contributed by atoms with Crippen LogP contribution in [-0.4, -0.2) is 35.8 Å². The predicted octanol–water partition coefficient (Wildman–Crippen LogP) is 5.94. The Balaban J connectivity index is 1.26. The minimum atomic E-state index is -4.56. The van der Waals surface area contributed by atoms with Crippen LogP contribution in [-0.2, 0) is 16.5 Å². The average Bonchev–Trinajstić information content (AvgIpc) is 3.16. The second-order valence-corrected chi connectivity index (χ2v) is 8.87. The van der Waals surface area contributed by atoms with Crippen molar-refractivity contribution in [3.05, 3.63) is 95.1 Å². The summed E-state index contributed by atoms with van der Waals surface area (Å²) in [5.74, 6) is -0.0725. The summed E-state index contributed by atoms with van der Waals surface area (Å²) in [4.78, 5) is 14.3. The van der Waals surface area contributed by atoms with Crippen molar-refractivity contribution >= 4 is 6.09 Å². The van der Waals surface area contributed by atoms with E-state index in [1.807, 2.05) is 36.4 Å². The number of aliphatic hydroxyl groups is 1. The first kappa shape index (κ1) is 22.5. The van der Waals surface area contributed by atoms with Gasteiger partial charge in [0.05, 0.1) is 11.2 Å². The zero-order valence-electron chi connectivity index (χ0n) is 18.4. The third kappa shape index (κ3) is 3.94. The average molecular weight is 467 g/mol. The molecule has 1 N–H and O–H groups in total. The van der Waals surface area contributed by atoms with E-state index >= 15 is 0 Å². The molecule has 1 amide bonds. The highest BCUT2D eigenvalue weighted by molar-refractivity contribution is 5.79. The monoisotopic (exact) mass is 467 g/mol. The number of carbonyl (C=O) groups excluding carboxylic acids is 1. The number of likely N-dealkylation sites (tertiary alicyclic amines) is 1. The second-order valence-electron chi connectivity index (χ2n) is 8.87. The smallest absolute Gasteiger partial charge is 0.416 e. The fourth-order valence-electron chi connectivity index (χ4n) is 5.15. The van der Waals surface area contributed by atoms with Crippen LogP contribution in [0.5, 0.6) is 0 Å². The van der Waals surface area contributed by atoms with E-state index in [-0.39, 0.29) is 44.0 Å². The lowest BCUT2D eigenvalue weighted by Crippen LogP contribution is -2.46. The Labute approximate surface area is 195 Å². The second kappa shape index (κ2) is 8.47. The van der Waals surface area contributed by atoms with Gasteiger partial charge in [-0.1, -0.05) is 66.7 Å². The Morgan fingerprint density at radius 1 is 0.912 bits per heavy atom. The van der Waals surface area contributed by atoms with Gasteiger partial charge in [0.2, 0.25) is 0 Å². The van der Waals surface area contributed by atoms with E-state index in [2.05, 4.69) is 12.1 Å². The van der Waals surface area contributed by atoms with Crippen LogP contribution in [0.15, 0.2) is 72.8 Å². The van der Waals surface area contributed by atoms with Crippen molar-refractivity contribution in [2.24, 2.45) is 0 Å². The molecule has 5 rings (SSSR count). The number of nitrogens with zero attached hydrogens (tertiary/aromatic N) is 1. The zero-order valence-corrected chi connectivity index (χ0v) is 18.4. The highest BCUT2D eigenvalue weighted by Gasteiger charge is 2.43. The van der Waals surface area contributed by atoms with Gasteiger partial charge in [0, 0.05) is 19.0 Å². The van der Waals surface area contributed by atoms with Crippen LogP contribution in [0.1, 0.15) is 41.0 Å². The number of rotatable bonds is 3. The lowest BCUT2D eigenvalue weighted by Gasteiger charge is -2.39. The third-order valence-electron chi connectivity index (χ3n) is 6.92. The molecule has 1 aliphatic carbocycles. The lowest BCUT2D eigenvalue weighted by molar-refractivity contribution is -0.141. The maximum Gasteiger partial charge on any atom is 0.416 e. The van der Waals surface area contributed by atoms with Gasteiger partial charge in [-0.2, -0.15) is 13.2 Å². The molecule has 0 bridgehead atoms. The van der Waals surface area contributed by atoms with Crippen LogP contribution in [0, 0.1) is 0 Å². The number of benzene rings is 3. The highest BCUT2D eigenvalue weighted by atomic mass is 19.4. The van der Waals surface area contributed by atoms with E-state index < -0.39 is 23.4 Å². The fourth-order valence-corrected chi connectivity index (χ4v) is 5.15. The largest absolute Gasteiger partial charge is 0.448 e. The molecule has 3 aromatic rings. The van der Waals surface area contributed by atoms with Crippen molar-refractivity contribution in [3.8, 4) is 11.1 Å². The number of hydrogen-bond donors (Lipinski definition) is 1. The maximum absolute atomic E-state index is 13.4. The topological polar surface area (TPSA) is 49.8 Å². The molecule has 3 aromatic carbocycles. The number of carbonyl (C=O) groups is 1. The van der Waals surface area contributed by atoms with Gasteiger partial charge < -0.3 is 14.7 Å². The number of amides is 1. The van der Waals surface area contributed by atoms with Gasteiger partial charge in [-0.15, -0.1) is 0 Å². The molecule has 0 atom stereocenters. The first-order valence-electron chi connectivity index (χ1n) is 11.3. The van der Waals surface area contributed by atoms with Crippen LogP contribution in [0.2, 0.25) is 0 Å². The molecular formula is C27H24F3NO3. The first-order chi connectivity index (χ1) is 16.3. The number of hydrogen-bond acceptors (Lipinski definition) is 3. The molecule has 2 aliphatic rings. The van der Waals surface area contributed by atoms with E-state index in [1.54, 1.807) is 0 Å². The van der Waals surface area contributed by atoms with Gasteiger partial charge in [0.15, 0.2) is 0 Å². The van der Waals surface area contributed by atoms with Crippen LogP contribution in [0.25, 0.3) is 11.1 Å². The summed E-state index contributed by atoms with van der Waals surface area (Å²) < 4.78 is 46.0. The van der Waals surface area contributed by atoms with Gasteiger partial charge in [0.25, 0.3) is 0 Å². The third-order valence-corrected chi connectivity index (χ3v) is 6.92. The molecule has 1 fully saturated rings. The van der Waals surface area contributed by atoms with Gasteiger partial charge >= 0.3 is 12.3 Å². The van der Waals surface area contributed by atoms with Crippen molar-refractivity contribution in [3.63, 3.8) is 0 Å². The molecule has 7 heteroatoms. The van der Waals surface area contributed by atoms with Crippen molar-refractivity contribution in [2.45, 2.75) is 30.5 Å². The predicted molar refractivity (Wildman–Crippen MR) is 121 cm³/mol. The molecular weight excluding hydrogens is 443 g/mol. The number of alkyl halides is 3. The van der Waals surface area contributed by atoms with Gasteiger partial charge in [0.1, 0.15) is 6.61 Å². The number of fused-ring (bicyclic) bond motifs is 3. The molecule has 1 saturated heterocycles. The van der Waals surface area contributed by atoms with Gasteiger partial charge in [-0.3, -0.25) is 0 Å². The zero-order chi connectivity index (χ0) is 23.9. The summed E-state index contributed by atoms with van der Waals surface area (Å²) in [5.41, 5.74) is 1.84. The summed E-state index contributed by atoms with van der Waals surface area (Å²) in [7, 11) is 0. The summed E-state index contributed by atoms with van der Waals surface area (Å²) in [6.45, 7) is 0.392. The first-order valence-corrected chi connectivity index (χ1v) is 11.3. The number of halogens is 3. The van der Waals surface area contributed by atoms with Crippen molar-refractivity contribution in [1.29, 1.82) is 0 Å². The molecule has 4 nitrogen and oxygen atoms in total. The molecule has 0 spiro atoms. The SMILES string of the molecule is O=C(OCC1c2ccccc2-c2ccccc21)N1CCC(O)(c2ccccc2C(F)(F)F)CC1. The van der Waals surface area contributed by atoms with Crippen molar-refractivity contribution < 1.29 is 27.8 Å². The molecule has 1 aliphatic heterocycles. The Morgan fingerprint density at radius 3 is 2.03 bits per heavy atom. The fraction of sp³-hybridized carbons (Fsp3) is 0.296. The minimum absolute atomic E-state index is 0.00425. The summed E-state index contributed by atoms with van der Waals surface area (Å²) in [6, 6.07) is 21.2. The molecule has 0 radical (unpaired) electrons. The summed E-state index contributed by atoms with van der Waals surface area (Å²) in [6.07, 6.45) is -5.07. The number of piperidine rings is 1. The lowest BCUT2D eigenvalue weighted by atomic mass is 9.82. The molecule has 0 unspecified atom stereocenters. The van der Waals surface area contributed by atoms with Crippen LogP contribution in [0.4, 0.5) is 18.0 Å². The van der Waals surface area contributed by atoms with E-state index in [1.165, 1.54) is 23.1 Å². The number of ether oxygens (including phenoxy) is 1. The van der Waals surface area contributed by atoms with E-state index in [9.17, 15) is 23.1 Å². The Bertz CT molecular complexity index is 1170. The van der Waals surface area contributed by atoms with Crippen molar-refractivity contribution in [1.82, 2.24) is 4.90 Å². The standard InChI is InChI=1S/C27H24F3NO3/c28-27(29,30)24-12-6-5-11-23(24)26(33)13-15-31(16-14-26)25(32)34-17-22-20-9-3-1-7-18(20)19-8-2-4-10-21(19)22/h1-12,22,33H,13-17H2. The molecule has 0 aromatic heterocycles. The van der Waals surface area contributed by atoms with Crippen LogP contribution >= 0.6 is 0 Å². The normalized spacial score (nSPS) is 17.2. The van der Waals surface area contributed by atoms with Crippen molar-refractivity contribution in [2.75, 3.05) is 19.7 Å². The van der Waals surface area contributed by atoms with E-state index in [4.69, 9.17) is 4.74 Å². The molecule has 34 heavy (non-hydrogen) atoms. The Hall–Kier alpha value is -3.32. The minimum Gasteiger partial charge on any atom is -0.448 e. The van der Waals surface area contributed by atoms with Gasteiger partial charge in [-0.05, 0) is 46.7 Å². The molecule has 0 saturated carbocycles.